The van der Waals surface area contributed by atoms with Crippen molar-refractivity contribution in [1.29, 1.82) is 0 Å². The van der Waals surface area contributed by atoms with E-state index in [1.807, 2.05) is 60.0 Å². The summed E-state index contributed by atoms with van der Waals surface area (Å²) in [6, 6.07) is 9.79. The van der Waals surface area contributed by atoms with Gasteiger partial charge in [-0.15, -0.1) is 0 Å². The number of nitrogens with zero attached hydrogens (tertiary/aromatic N) is 3. The summed E-state index contributed by atoms with van der Waals surface area (Å²) < 4.78 is 14.6. The maximum absolute atomic E-state index is 13.3. The van der Waals surface area contributed by atoms with Crippen LogP contribution in [-0.2, 0) is 16.0 Å². The van der Waals surface area contributed by atoms with Crippen LogP contribution in [0.1, 0.15) is 68.8 Å². The average molecular weight is 468 g/mol. The summed E-state index contributed by atoms with van der Waals surface area (Å²) in [6.07, 6.45) is 7.67. The van der Waals surface area contributed by atoms with Gasteiger partial charge >= 0.3 is 0 Å². The predicted molar refractivity (Wildman–Crippen MR) is 129 cm³/mol. The molecule has 3 saturated heterocycles. The van der Waals surface area contributed by atoms with E-state index < -0.39 is 11.7 Å². The van der Waals surface area contributed by atoms with Crippen molar-refractivity contribution in [1.82, 2.24) is 14.7 Å². The van der Waals surface area contributed by atoms with Crippen molar-refractivity contribution in [3.05, 3.63) is 53.9 Å². The van der Waals surface area contributed by atoms with Gasteiger partial charge in [0.05, 0.1) is 36.6 Å². The Bertz CT molecular complexity index is 1010. The van der Waals surface area contributed by atoms with Crippen molar-refractivity contribution in [2.45, 2.75) is 82.8 Å². The molecule has 1 aromatic carbocycles. The molecule has 7 heteroatoms. The van der Waals surface area contributed by atoms with Crippen molar-refractivity contribution >= 4 is 5.91 Å². The van der Waals surface area contributed by atoms with Crippen LogP contribution >= 0.6 is 0 Å². The first-order valence-electron chi connectivity index (χ1n) is 12.5. The highest BCUT2D eigenvalue weighted by Gasteiger charge is 2.53. The van der Waals surface area contributed by atoms with E-state index in [4.69, 9.17) is 9.47 Å². The molecule has 3 aliphatic rings. The van der Waals surface area contributed by atoms with E-state index in [1.165, 1.54) is 0 Å². The van der Waals surface area contributed by atoms with Crippen LogP contribution in [0, 0.1) is 5.41 Å². The molecular weight excluding hydrogens is 430 g/mol. The summed E-state index contributed by atoms with van der Waals surface area (Å²) in [7, 11) is 0. The van der Waals surface area contributed by atoms with Crippen molar-refractivity contribution < 1.29 is 19.4 Å². The van der Waals surface area contributed by atoms with Gasteiger partial charge in [0.15, 0.2) is 0 Å². The molecule has 0 radical (unpaired) electrons. The number of aliphatic hydroxyl groups is 1. The molecule has 4 heterocycles. The fourth-order valence-corrected chi connectivity index (χ4v) is 6.00. The minimum atomic E-state index is -0.562. The summed E-state index contributed by atoms with van der Waals surface area (Å²) in [5.41, 5.74) is 0.978. The quantitative estimate of drug-likeness (QED) is 0.743. The zero-order chi connectivity index (χ0) is 24.0. The van der Waals surface area contributed by atoms with Crippen LogP contribution < -0.4 is 0 Å². The minimum absolute atomic E-state index is 0.0282. The van der Waals surface area contributed by atoms with E-state index >= 15 is 0 Å². The van der Waals surface area contributed by atoms with Gasteiger partial charge in [0.2, 0.25) is 0 Å². The van der Waals surface area contributed by atoms with E-state index in [2.05, 4.69) is 12.0 Å². The third kappa shape index (κ3) is 4.53. The monoisotopic (exact) mass is 467 g/mol. The molecule has 5 rings (SSSR count). The Morgan fingerprint density at radius 2 is 1.97 bits per heavy atom. The van der Waals surface area contributed by atoms with E-state index in [-0.39, 0.29) is 23.0 Å². The number of hydrogen-bond acceptors (Lipinski definition) is 5. The fourth-order valence-electron chi connectivity index (χ4n) is 6.00. The van der Waals surface area contributed by atoms with Crippen LogP contribution in [-0.4, -0.2) is 68.8 Å². The zero-order valence-electron chi connectivity index (χ0n) is 20.6. The number of aromatic nitrogens is 2. The lowest BCUT2D eigenvalue weighted by Crippen LogP contribution is -2.56. The highest BCUT2D eigenvalue weighted by molar-refractivity contribution is 5.94. The molecule has 0 saturated carbocycles. The van der Waals surface area contributed by atoms with E-state index in [0.29, 0.717) is 6.54 Å². The van der Waals surface area contributed by atoms with Crippen molar-refractivity contribution in [2.75, 3.05) is 19.7 Å². The third-order valence-corrected chi connectivity index (χ3v) is 8.29. The Kier molecular flexibility index (Phi) is 6.07. The summed E-state index contributed by atoms with van der Waals surface area (Å²) in [5, 5.41) is 14.6. The molecule has 0 unspecified atom stereocenters. The molecular formula is C27H37N3O4. The van der Waals surface area contributed by atoms with Gasteiger partial charge in [-0.25, -0.2) is 0 Å². The van der Waals surface area contributed by atoms with Crippen LogP contribution in [0.3, 0.4) is 0 Å². The number of likely N-dealkylation sites (tertiary alicyclic amines) is 1. The van der Waals surface area contributed by atoms with E-state index in [1.54, 1.807) is 6.20 Å². The number of piperidine rings is 1. The van der Waals surface area contributed by atoms with Gasteiger partial charge in [-0.05, 0) is 82.1 Å². The number of carbonyl (C=O) groups excluding carboxylic acids is 1. The number of ether oxygens (including phenoxy) is 2. The molecule has 7 nitrogen and oxygen atoms in total. The standard InChI is InChI=1S/C27H37N3O4/c1-25(2)22(31)8-9-26(3,34-25)23-17-27(19-33-23)10-14-29(15-11-27)24(32)21-7-4-6-20(16-21)18-30-13-5-12-28-30/h4-7,12-13,16,22-23,31H,8-11,14-15,17-19H2,1-3H3/t22-,23+,26+/m0/s1. The van der Waals surface area contributed by atoms with Crippen molar-refractivity contribution in [3.63, 3.8) is 0 Å². The highest BCUT2D eigenvalue weighted by Crippen LogP contribution is 2.49. The first kappa shape index (κ1) is 23.5. The molecule has 0 bridgehead atoms. The molecule has 3 fully saturated rings. The molecule has 1 amide bonds. The summed E-state index contributed by atoms with van der Waals surface area (Å²) in [4.78, 5) is 15.2. The van der Waals surface area contributed by atoms with Gasteiger partial charge in [0.1, 0.15) is 0 Å². The highest BCUT2D eigenvalue weighted by atomic mass is 16.6. The van der Waals surface area contributed by atoms with E-state index in [9.17, 15) is 9.90 Å². The Morgan fingerprint density at radius 1 is 1.18 bits per heavy atom. The summed E-state index contributed by atoms with van der Waals surface area (Å²) >= 11 is 0. The summed E-state index contributed by atoms with van der Waals surface area (Å²) in [6.45, 7) is 8.95. The smallest absolute Gasteiger partial charge is 0.253 e. The molecule has 3 aliphatic heterocycles. The van der Waals surface area contributed by atoms with Crippen molar-refractivity contribution in [2.24, 2.45) is 5.41 Å². The number of benzene rings is 1. The second kappa shape index (κ2) is 8.77. The molecule has 1 spiro atoms. The van der Waals surface area contributed by atoms with Crippen LogP contribution in [0.2, 0.25) is 0 Å². The molecule has 1 aromatic heterocycles. The summed E-state index contributed by atoms with van der Waals surface area (Å²) in [5.74, 6) is 0.103. The number of amides is 1. The topological polar surface area (TPSA) is 76.8 Å². The number of carbonyl (C=O) groups is 1. The van der Waals surface area contributed by atoms with Crippen LogP contribution in [0.15, 0.2) is 42.7 Å². The molecule has 1 N–H and O–H groups in total. The second-order valence-electron chi connectivity index (χ2n) is 11.3. The fraction of sp³-hybridized carbons (Fsp3) is 0.630. The molecule has 0 aliphatic carbocycles. The van der Waals surface area contributed by atoms with Crippen LogP contribution in [0.4, 0.5) is 0 Å². The normalized spacial score (nSPS) is 30.5. The zero-order valence-corrected chi connectivity index (χ0v) is 20.6. The number of hydrogen-bond donors (Lipinski definition) is 1. The molecule has 3 atom stereocenters. The van der Waals surface area contributed by atoms with Gasteiger partial charge in [-0.2, -0.15) is 5.10 Å². The molecule has 34 heavy (non-hydrogen) atoms. The van der Waals surface area contributed by atoms with Crippen molar-refractivity contribution in [3.8, 4) is 0 Å². The maximum Gasteiger partial charge on any atom is 0.253 e. The third-order valence-electron chi connectivity index (χ3n) is 8.29. The first-order chi connectivity index (χ1) is 16.2. The lowest BCUT2D eigenvalue weighted by molar-refractivity contribution is -0.245. The van der Waals surface area contributed by atoms with Gasteiger partial charge < -0.3 is 19.5 Å². The van der Waals surface area contributed by atoms with Crippen LogP contribution in [0.5, 0.6) is 0 Å². The molecule has 184 valence electrons. The average Bonchev–Trinajstić information content (AvgIpc) is 3.47. The van der Waals surface area contributed by atoms with Gasteiger partial charge in [-0.1, -0.05) is 12.1 Å². The van der Waals surface area contributed by atoms with Gasteiger partial charge in [0.25, 0.3) is 5.91 Å². The lowest BCUT2D eigenvalue weighted by Gasteiger charge is -2.48. The number of aliphatic hydroxyl groups excluding tert-OH is 1. The Balaban J connectivity index is 1.19. The largest absolute Gasteiger partial charge is 0.390 e. The number of rotatable bonds is 4. The predicted octanol–water partition coefficient (Wildman–Crippen LogP) is 3.65. The minimum Gasteiger partial charge on any atom is -0.390 e. The Labute approximate surface area is 202 Å². The van der Waals surface area contributed by atoms with Gasteiger partial charge in [-0.3, -0.25) is 9.48 Å². The Morgan fingerprint density at radius 3 is 2.68 bits per heavy atom. The molecule has 2 aromatic rings. The Hall–Kier alpha value is -2.22. The van der Waals surface area contributed by atoms with Crippen LogP contribution in [0.25, 0.3) is 0 Å². The van der Waals surface area contributed by atoms with E-state index in [0.717, 1.165) is 62.9 Å². The first-order valence-corrected chi connectivity index (χ1v) is 12.5. The lowest BCUT2D eigenvalue weighted by atomic mass is 9.73. The SMILES string of the molecule is CC1(C)O[C@@](C)([C@H]2CC3(CCN(C(=O)c4cccc(Cn5cccn5)c4)CC3)CO2)CC[C@@H]1O. The maximum atomic E-state index is 13.3. The second-order valence-corrected chi connectivity index (χ2v) is 11.3. The van der Waals surface area contributed by atoms with Gasteiger partial charge in [0, 0.05) is 31.0 Å².